The van der Waals surface area contributed by atoms with Crippen LogP contribution in [0.3, 0.4) is 0 Å². The van der Waals surface area contributed by atoms with E-state index in [0.717, 1.165) is 6.07 Å². The van der Waals surface area contributed by atoms with Crippen molar-refractivity contribution in [3.8, 4) is 0 Å². The van der Waals surface area contributed by atoms with Gasteiger partial charge in [0.25, 0.3) is 0 Å². The van der Waals surface area contributed by atoms with Gasteiger partial charge in [0.05, 0.1) is 18.3 Å². The molecule has 1 atom stereocenters. The van der Waals surface area contributed by atoms with E-state index in [0.29, 0.717) is 49.7 Å². The molecule has 0 aliphatic carbocycles. The average Bonchev–Trinajstić information content (AvgIpc) is 2.62. The quantitative estimate of drug-likeness (QED) is 0.730. The molecular formula is C18H19F2N4O3S-. The molecule has 1 saturated heterocycles. The Balaban J connectivity index is 1.48. The minimum atomic E-state index is -2.42. The lowest BCUT2D eigenvalue weighted by Crippen LogP contribution is -2.48. The second-order valence-electron chi connectivity index (χ2n) is 6.49. The molecular weight excluding hydrogens is 390 g/mol. The zero-order chi connectivity index (χ0) is 20.1. The van der Waals surface area contributed by atoms with E-state index in [1.807, 2.05) is 4.90 Å². The number of nitrogens with one attached hydrogen (secondary N) is 1. The van der Waals surface area contributed by atoms with E-state index < -0.39 is 22.9 Å². The maximum absolute atomic E-state index is 13.3. The van der Waals surface area contributed by atoms with Crippen LogP contribution in [0.5, 0.6) is 0 Å². The molecule has 1 fully saturated rings. The van der Waals surface area contributed by atoms with Crippen LogP contribution in [-0.2, 0) is 29.0 Å². The molecule has 3 rings (SSSR count). The number of halogens is 2. The molecule has 1 N–H and O–H groups in total. The van der Waals surface area contributed by atoms with Crippen LogP contribution in [0.25, 0.3) is 0 Å². The third kappa shape index (κ3) is 5.78. The standard InChI is InChI=1S/C18H20F2N4O3S/c19-14-7-13(8-15(20)9-14)12-23-3-5-24(6-4-23)18(25)10-16-1-2-17(11-21-16)22-28(26)27/h1-2,7-9,11,22H,3-6,10,12H2,(H,26,27)/p-1. The number of hydrogen-bond donors (Lipinski definition) is 1. The molecule has 1 aromatic carbocycles. The van der Waals surface area contributed by atoms with Crippen LogP contribution in [0.15, 0.2) is 36.5 Å². The number of carbonyl (C=O) groups excluding carboxylic acids is 1. The van der Waals surface area contributed by atoms with E-state index in [2.05, 4.69) is 9.71 Å². The summed E-state index contributed by atoms with van der Waals surface area (Å²) in [6, 6.07) is 6.61. The molecule has 1 amide bonds. The number of benzene rings is 1. The Labute approximate surface area is 163 Å². The zero-order valence-electron chi connectivity index (χ0n) is 14.9. The highest BCUT2D eigenvalue weighted by molar-refractivity contribution is 7.80. The number of carbonyl (C=O) groups is 1. The van der Waals surface area contributed by atoms with E-state index in [1.54, 1.807) is 17.0 Å². The minimum Gasteiger partial charge on any atom is -0.755 e. The predicted octanol–water partition coefficient (Wildman–Crippen LogP) is 1.45. The first kappa shape index (κ1) is 20.3. The monoisotopic (exact) mass is 409 g/mol. The normalized spacial score (nSPS) is 16.0. The molecule has 1 aliphatic heterocycles. The van der Waals surface area contributed by atoms with Crippen molar-refractivity contribution in [2.45, 2.75) is 13.0 Å². The fourth-order valence-corrected chi connectivity index (χ4v) is 3.38. The van der Waals surface area contributed by atoms with Crippen molar-refractivity contribution in [3.63, 3.8) is 0 Å². The van der Waals surface area contributed by atoms with Gasteiger partial charge < -0.3 is 14.2 Å². The van der Waals surface area contributed by atoms with Gasteiger partial charge in [-0.15, -0.1) is 0 Å². The van der Waals surface area contributed by atoms with Gasteiger partial charge in [-0.1, -0.05) is 0 Å². The first-order chi connectivity index (χ1) is 13.4. The van der Waals surface area contributed by atoms with Crippen LogP contribution in [0.2, 0.25) is 0 Å². The molecule has 0 radical (unpaired) electrons. The number of piperazine rings is 1. The summed E-state index contributed by atoms with van der Waals surface area (Å²) in [6.07, 6.45) is 1.48. The van der Waals surface area contributed by atoms with Crippen molar-refractivity contribution in [1.29, 1.82) is 0 Å². The number of hydrogen-bond acceptors (Lipinski definition) is 5. The molecule has 1 aromatic heterocycles. The molecule has 2 aromatic rings. The molecule has 0 saturated carbocycles. The Hall–Kier alpha value is -2.43. The lowest BCUT2D eigenvalue weighted by atomic mass is 10.1. The number of pyridine rings is 1. The van der Waals surface area contributed by atoms with E-state index in [9.17, 15) is 22.3 Å². The van der Waals surface area contributed by atoms with E-state index in [4.69, 9.17) is 0 Å². The fraction of sp³-hybridized carbons (Fsp3) is 0.333. The Bertz CT molecular complexity index is 838. The molecule has 7 nitrogen and oxygen atoms in total. The number of rotatable bonds is 6. The van der Waals surface area contributed by atoms with Gasteiger partial charge in [0.15, 0.2) is 0 Å². The highest BCUT2D eigenvalue weighted by Gasteiger charge is 2.21. The van der Waals surface area contributed by atoms with Gasteiger partial charge in [0, 0.05) is 55.8 Å². The summed E-state index contributed by atoms with van der Waals surface area (Å²) >= 11 is -2.42. The predicted molar refractivity (Wildman–Crippen MR) is 98.7 cm³/mol. The minimum absolute atomic E-state index is 0.0722. The summed E-state index contributed by atoms with van der Waals surface area (Å²) in [4.78, 5) is 20.3. The summed E-state index contributed by atoms with van der Waals surface area (Å²) < 4.78 is 49.9. The first-order valence-electron chi connectivity index (χ1n) is 8.65. The van der Waals surface area contributed by atoms with Crippen molar-refractivity contribution < 1.29 is 22.3 Å². The topological polar surface area (TPSA) is 88.6 Å². The van der Waals surface area contributed by atoms with E-state index in [1.165, 1.54) is 18.3 Å². The van der Waals surface area contributed by atoms with Crippen LogP contribution >= 0.6 is 0 Å². The lowest BCUT2D eigenvalue weighted by molar-refractivity contribution is -0.132. The first-order valence-corrected chi connectivity index (χ1v) is 9.72. The van der Waals surface area contributed by atoms with Crippen molar-refractivity contribution in [3.05, 3.63) is 59.4 Å². The molecule has 28 heavy (non-hydrogen) atoms. The van der Waals surface area contributed by atoms with Crippen LogP contribution < -0.4 is 4.72 Å². The largest absolute Gasteiger partial charge is 0.755 e. The van der Waals surface area contributed by atoms with Crippen molar-refractivity contribution in [2.24, 2.45) is 0 Å². The Morgan fingerprint density at radius 1 is 1.14 bits per heavy atom. The van der Waals surface area contributed by atoms with Crippen molar-refractivity contribution in [2.75, 3.05) is 30.9 Å². The number of amides is 1. The smallest absolute Gasteiger partial charge is 0.228 e. The second kappa shape index (κ2) is 9.18. The number of aromatic nitrogens is 1. The van der Waals surface area contributed by atoms with Crippen molar-refractivity contribution in [1.82, 2.24) is 14.8 Å². The number of anilines is 1. The molecule has 10 heteroatoms. The second-order valence-corrected chi connectivity index (χ2v) is 7.16. The summed E-state index contributed by atoms with van der Waals surface area (Å²) in [6.45, 7) is 2.68. The van der Waals surface area contributed by atoms with Crippen LogP contribution in [0.4, 0.5) is 14.5 Å². The van der Waals surface area contributed by atoms with Gasteiger partial charge in [-0.25, -0.2) is 8.78 Å². The molecule has 1 unspecified atom stereocenters. The van der Waals surface area contributed by atoms with E-state index >= 15 is 0 Å². The van der Waals surface area contributed by atoms with Crippen molar-refractivity contribution >= 4 is 22.9 Å². The average molecular weight is 409 g/mol. The van der Waals surface area contributed by atoms with Gasteiger partial charge in [0.1, 0.15) is 11.6 Å². The zero-order valence-corrected chi connectivity index (χ0v) is 15.8. The summed E-state index contributed by atoms with van der Waals surface area (Å²) in [5.74, 6) is -1.27. The van der Waals surface area contributed by atoms with E-state index in [-0.39, 0.29) is 12.3 Å². The SMILES string of the molecule is O=C(Cc1ccc(NS(=O)[O-])cn1)N1CCN(Cc2cc(F)cc(F)c2)CC1. The Morgan fingerprint density at radius 3 is 2.39 bits per heavy atom. The van der Waals surface area contributed by atoms with Gasteiger partial charge in [0.2, 0.25) is 5.91 Å². The van der Waals surface area contributed by atoms with Gasteiger partial charge in [-0.05, 0) is 29.8 Å². The molecule has 150 valence electrons. The molecule has 0 spiro atoms. The van der Waals surface area contributed by atoms with Gasteiger partial charge in [-0.2, -0.15) is 0 Å². The summed E-state index contributed by atoms with van der Waals surface area (Å²) in [7, 11) is 0. The maximum atomic E-state index is 13.3. The van der Waals surface area contributed by atoms with Crippen LogP contribution in [-0.4, -0.2) is 55.6 Å². The maximum Gasteiger partial charge on any atom is 0.228 e. The highest BCUT2D eigenvalue weighted by Crippen LogP contribution is 2.13. The van der Waals surface area contributed by atoms with Gasteiger partial charge >= 0.3 is 0 Å². The van der Waals surface area contributed by atoms with Crippen LogP contribution in [0.1, 0.15) is 11.3 Å². The summed E-state index contributed by atoms with van der Waals surface area (Å²) in [5, 5.41) is 0. The number of nitrogens with zero attached hydrogens (tertiary/aromatic N) is 3. The van der Waals surface area contributed by atoms with Gasteiger partial charge in [-0.3, -0.25) is 18.9 Å². The lowest BCUT2D eigenvalue weighted by Gasteiger charge is -2.34. The third-order valence-electron chi connectivity index (χ3n) is 4.41. The molecule has 0 bridgehead atoms. The molecule has 1 aliphatic rings. The van der Waals surface area contributed by atoms with Crippen LogP contribution in [0, 0.1) is 11.6 Å². The molecule has 2 heterocycles. The fourth-order valence-electron chi connectivity index (χ4n) is 3.07. The highest BCUT2D eigenvalue weighted by atomic mass is 32.2. The Kier molecular flexibility index (Phi) is 6.65. The summed E-state index contributed by atoms with van der Waals surface area (Å²) in [5.41, 5.74) is 1.44. The Morgan fingerprint density at radius 2 is 1.82 bits per heavy atom. The third-order valence-corrected chi connectivity index (χ3v) is 4.81.